The van der Waals surface area contributed by atoms with E-state index in [0.717, 1.165) is 17.8 Å². The second kappa shape index (κ2) is 6.97. The van der Waals surface area contributed by atoms with Crippen molar-refractivity contribution in [3.05, 3.63) is 71.2 Å². The second-order valence-electron chi connectivity index (χ2n) is 5.94. The number of aromatic nitrogens is 2. The van der Waals surface area contributed by atoms with E-state index in [2.05, 4.69) is 19.9 Å². The first-order chi connectivity index (χ1) is 12.6. The highest BCUT2D eigenvalue weighted by Crippen LogP contribution is 2.42. The van der Waals surface area contributed by atoms with Crippen molar-refractivity contribution in [2.75, 3.05) is 5.32 Å². The number of amidine groups is 1. The summed E-state index contributed by atoms with van der Waals surface area (Å²) in [6.45, 7) is 0. The minimum absolute atomic E-state index is 0.145. The Morgan fingerprint density at radius 2 is 1.65 bits per heavy atom. The molecule has 0 atom stereocenters. The van der Waals surface area contributed by atoms with Crippen LogP contribution in [0.15, 0.2) is 70.0 Å². The van der Waals surface area contributed by atoms with Crippen LogP contribution in [0.25, 0.3) is 0 Å². The number of benzene rings is 2. The Hall–Kier alpha value is -2.58. The predicted octanol–water partition coefficient (Wildman–Crippen LogP) is 3.66. The average molecular weight is 384 g/mol. The van der Waals surface area contributed by atoms with Crippen LogP contribution in [0.1, 0.15) is 29.3 Å². The van der Waals surface area contributed by atoms with Crippen LogP contribution in [0, 0.1) is 0 Å². The lowest BCUT2D eigenvalue weighted by atomic mass is 10.2. The fraction of sp³-hybridized carbons (Fsp3) is 0.167. The van der Waals surface area contributed by atoms with Gasteiger partial charge in [0.15, 0.2) is 5.84 Å². The molecular formula is C18H16N4O2S2. The molecule has 2 aromatic carbocycles. The van der Waals surface area contributed by atoms with E-state index in [0.29, 0.717) is 16.6 Å². The van der Waals surface area contributed by atoms with Crippen molar-refractivity contribution in [3.8, 4) is 0 Å². The summed E-state index contributed by atoms with van der Waals surface area (Å²) < 4.78 is 29.4. The highest BCUT2D eigenvalue weighted by molar-refractivity contribution is 7.90. The topological polar surface area (TPSA) is 84.3 Å². The van der Waals surface area contributed by atoms with Gasteiger partial charge in [0.1, 0.15) is 5.01 Å². The summed E-state index contributed by atoms with van der Waals surface area (Å²) in [4.78, 5) is 0.145. The third kappa shape index (κ3) is 3.81. The molecule has 132 valence electrons. The van der Waals surface area contributed by atoms with Gasteiger partial charge in [0.2, 0.25) is 5.13 Å². The van der Waals surface area contributed by atoms with Crippen molar-refractivity contribution in [2.45, 2.75) is 23.7 Å². The molecule has 1 aliphatic carbocycles. The van der Waals surface area contributed by atoms with Gasteiger partial charge in [0.05, 0.1) is 4.90 Å². The first kappa shape index (κ1) is 16.9. The van der Waals surface area contributed by atoms with Gasteiger partial charge in [-0.25, -0.2) is 0 Å². The number of nitrogens with one attached hydrogen (secondary N) is 1. The molecule has 1 aromatic heterocycles. The van der Waals surface area contributed by atoms with Gasteiger partial charge in [-0.15, -0.1) is 14.6 Å². The van der Waals surface area contributed by atoms with Crippen LogP contribution in [-0.2, 0) is 10.0 Å². The van der Waals surface area contributed by atoms with E-state index in [4.69, 9.17) is 0 Å². The van der Waals surface area contributed by atoms with Crippen molar-refractivity contribution in [1.29, 1.82) is 0 Å². The highest BCUT2D eigenvalue weighted by Gasteiger charge is 2.28. The van der Waals surface area contributed by atoms with E-state index in [1.54, 1.807) is 30.3 Å². The van der Waals surface area contributed by atoms with E-state index in [9.17, 15) is 8.42 Å². The van der Waals surface area contributed by atoms with Crippen molar-refractivity contribution in [3.63, 3.8) is 0 Å². The van der Waals surface area contributed by atoms with Gasteiger partial charge >= 0.3 is 0 Å². The molecule has 1 aliphatic rings. The number of hydrogen-bond acceptors (Lipinski definition) is 5. The molecule has 26 heavy (non-hydrogen) atoms. The first-order valence-electron chi connectivity index (χ1n) is 8.18. The first-order valence-corrected chi connectivity index (χ1v) is 10.4. The largest absolute Gasteiger partial charge is 0.314 e. The second-order valence-corrected chi connectivity index (χ2v) is 8.55. The van der Waals surface area contributed by atoms with Gasteiger partial charge in [-0.05, 0) is 25.0 Å². The molecule has 0 spiro atoms. The lowest BCUT2D eigenvalue weighted by Crippen LogP contribution is -2.16. The summed E-state index contributed by atoms with van der Waals surface area (Å²) in [6.07, 6.45) is 2.27. The summed E-state index contributed by atoms with van der Waals surface area (Å²) in [5.74, 6) is 0.723. The van der Waals surface area contributed by atoms with Crippen LogP contribution in [-0.4, -0.2) is 24.5 Å². The summed E-state index contributed by atoms with van der Waals surface area (Å²) in [6, 6.07) is 17.3. The molecule has 1 saturated carbocycles. The van der Waals surface area contributed by atoms with Crippen LogP contribution in [0.3, 0.4) is 0 Å². The monoisotopic (exact) mass is 384 g/mol. The molecule has 0 amide bonds. The third-order valence-electron chi connectivity index (χ3n) is 3.89. The van der Waals surface area contributed by atoms with E-state index in [1.165, 1.54) is 23.5 Å². The maximum Gasteiger partial charge on any atom is 0.284 e. The van der Waals surface area contributed by atoms with Crippen LogP contribution in [0.4, 0.5) is 5.13 Å². The zero-order valence-corrected chi connectivity index (χ0v) is 15.4. The molecule has 1 N–H and O–H groups in total. The third-order valence-corrected chi connectivity index (χ3v) is 6.18. The smallest absolute Gasteiger partial charge is 0.284 e. The lowest BCUT2D eigenvalue weighted by Gasteiger charge is -2.08. The van der Waals surface area contributed by atoms with E-state index in [-0.39, 0.29) is 10.7 Å². The molecule has 8 heteroatoms. The van der Waals surface area contributed by atoms with Gasteiger partial charge in [-0.3, -0.25) is 0 Å². The number of anilines is 1. The Balaban J connectivity index is 1.70. The quantitative estimate of drug-likeness (QED) is 0.536. The van der Waals surface area contributed by atoms with Gasteiger partial charge in [0, 0.05) is 11.5 Å². The Kier molecular flexibility index (Phi) is 4.52. The molecule has 0 bridgehead atoms. The Labute approximate surface area is 155 Å². The zero-order valence-electron chi connectivity index (χ0n) is 13.7. The highest BCUT2D eigenvalue weighted by atomic mass is 32.2. The van der Waals surface area contributed by atoms with Crippen LogP contribution >= 0.6 is 11.3 Å². The zero-order chi connectivity index (χ0) is 18.0. The Morgan fingerprint density at radius 1 is 1.00 bits per heavy atom. The summed E-state index contributed by atoms with van der Waals surface area (Å²) in [5, 5.41) is 12.9. The van der Waals surface area contributed by atoms with Crippen molar-refractivity contribution < 1.29 is 8.42 Å². The Bertz CT molecular complexity index is 1030. The van der Waals surface area contributed by atoms with E-state index < -0.39 is 10.0 Å². The number of hydrogen-bond donors (Lipinski definition) is 1. The van der Waals surface area contributed by atoms with E-state index in [1.807, 2.05) is 18.2 Å². The van der Waals surface area contributed by atoms with Gasteiger partial charge in [-0.2, -0.15) is 8.42 Å². The minimum atomic E-state index is -3.84. The number of sulfonamides is 1. The standard InChI is InChI=1S/C18H16N4O2S2/c23-26(24,15-9-5-2-6-10-15)22-16(13-7-3-1-4-8-13)19-18-21-20-17(25-18)14-11-12-14/h1-10,14H,11-12H2,(H,19,21,22). The molecule has 1 fully saturated rings. The van der Waals surface area contributed by atoms with Gasteiger partial charge < -0.3 is 5.32 Å². The molecule has 0 unspecified atom stereocenters. The fourth-order valence-electron chi connectivity index (χ4n) is 2.39. The Morgan fingerprint density at radius 3 is 2.31 bits per heavy atom. The molecular weight excluding hydrogens is 368 g/mol. The van der Waals surface area contributed by atoms with Crippen molar-refractivity contribution >= 4 is 32.3 Å². The SMILES string of the molecule is O=S(=O)(/N=C(\Nc1nnc(C2CC2)s1)c1ccccc1)c1ccccc1. The summed E-state index contributed by atoms with van der Waals surface area (Å²) >= 11 is 1.44. The maximum absolute atomic E-state index is 12.7. The van der Waals surface area contributed by atoms with Crippen LogP contribution in [0.2, 0.25) is 0 Å². The molecule has 6 nitrogen and oxygen atoms in total. The summed E-state index contributed by atoms with van der Waals surface area (Å²) in [5.41, 5.74) is 0.662. The van der Waals surface area contributed by atoms with Gasteiger partial charge in [0.25, 0.3) is 10.0 Å². The molecule has 1 heterocycles. The summed E-state index contributed by atoms with van der Waals surface area (Å²) in [7, 11) is -3.84. The normalized spacial score (nSPS) is 15.0. The number of nitrogens with zero attached hydrogens (tertiary/aromatic N) is 3. The predicted molar refractivity (Wildman–Crippen MR) is 102 cm³/mol. The average Bonchev–Trinajstić information content (AvgIpc) is 3.42. The molecule has 0 saturated heterocycles. The molecule has 0 radical (unpaired) electrons. The van der Waals surface area contributed by atoms with Crippen molar-refractivity contribution in [2.24, 2.45) is 4.40 Å². The van der Waals surface area contributed by atoms with Crippen LogP contribution in [0.5, 0.6) is 0 Å². The fourth-order valence-corrected chi connectivity index (χ4v) is 4.30. The molecule has 0 aliphatic heterocycles. The molecule has 3 aromatic rings. The number of rotatable bonds is 5. The van der Waals surface area contributed by atoms with Gasteiger partial charge in [-0.1, -0.05) is 59.9 Å². The minimum Gasteiger partial charge on any atom is -0.314 e. The maximum atomic E-state index is 12.7. The lowest BCUT2D eigenvalue weighted by molar-refractivity contribution is 0.598. The van der Waals surface area contributed by atoms with E-state index >= 15 is 0 Å². The molecule has 4 rings (SSSR count). The van der Waals surface area contributed by atoms with Crippen LogP contribution < -0.4 is 5.32 Å². The van der Waals surface area contributed by atoms with Crippen molar-refractivity contribution in [1.82, 2.24) is 10.2 Å².